The molecule has 2 nitrogen and oxygen atoms in total. The van der Waals surface area contributed by atoms with Crippen molar-refractivity contribution in [1.29, 1.82) is 0 Å². The van der Waals surface area contributed by atoms with Gasteiger partial charge in [-0.1, -0.05) is 60.0 Å². The van der Waals surface area contributed by atoms with E-state index < -0.39 is 8.32 Å². The minimum absolute atomic E-state index is 0.247. The van der Waals surface area contributed by atoms with E-state index in [-0.39, 0.29) is 6.23 Å². The van der Waals surface area contributed by atoms with E-state index in [1.807, 2.05) is 0 Å². The normalized spacial score (nSPS) is 45.8. The largest absolute Gasteiger partial charge is 0.398 e. The van der Waals surface area contributed by atoms with E-state index in [4.69, 9.17) is 4.43 Å². The Morgan fingerprint density at radius 2 is 1.83 bits per heavy atom. The van der Waals surface area contributed by atoms with Gasteiger partial charge in [-0.2, -0.15) is 0 Å². The fourth-order valence-corrected chi connectivity index (χ4v) is 10.8. The Kier molecular flexibility index (Phi) is 6.29. The molecule has 172 valence electrons. The van der Waals surface area contributed by atoms with Crippen molar-refractivity contribution in [2.75, 3.05) is 0 Å². The van der Waals surface area contributed by atoms with Crippen molar-refractivity contribution >= 4 is 8.32 Å². The summed E-state index contributed by atoms with van der Waals surface area (Å²) < 4.78 is 6.75. The lowest BCUT2D eigenvalue weighted by atomic mass is 9.47. The Morgan fingerprint density at radius 3 is 2.53 bits per heavy atom. The van der Waals surface area contributed by atoms with E-state index in [9.17, 15) is 0 Å². The molecule has 4 rings (SSSR count). The molecule has 0 aromatic carbocycles. The van der Waals surface area contributed by atoms with Gasteiger partial charge in [-0.25, -0.2) is 0 Å². The number of nitrogens with one attached hydrogen (secondary N) is 1. The number of allylic oxidation sites excluding steroid dienone is 2. The molecule has 1 aliphatic heterocycles. The molecule has 4 aliphatic rings. The highest BCUT2D eigenvalue weighted by Gasteiger charge is 2.59. The van der Waals surface area contributed by atoms with Gasteiger partial charge < -0.3 is 9.74 Å². The summed E-state index contributed by atoms with van der Waals surface area (Å²) in [6.07, 6.45) is 15.2. The Labute approximate surface area is 188 Å². The molecule has 2 saturated carbocycles. The first-order valence-corrected chi connectivity index (χ1v) is 16.4. The first-order chi connectivity index (χ1) is 14.1. The van der Waals surface area contributed by atoms with Crippen LogP contribution in [0.3, 0.4) is 0 Å². The van der Waals surface area contributed by atoms with Crippen molar-refractivity contribution in [3.05, 3.63) is 11.8 Å². The molecule has 3 heteroatoms. The second kappa shape index (κ2) is 8.25. The van der Waals surface area contributed by atoms with E-state index in [2.05, 4.69) is 59.1 Å². The molecule has 1 unspecified atom stereocenters. The summed E-state index contributed by atoms with van der Waals surface area (Å²) in [4.78, 5) is 0. The van der Waals surface area contributed by atoms with Gasteiger partial charge in [0, 0.05) is 11.1 Å². The Bertz CT molecular complexity index is 659. The molecule has 0 bridgehead atoms. The van der Waals surface area contributed by atoms with Crippen molar-refractivity contribution in [2.45, 2.75) is 118 Å². The van der Waals surface area contributed by atoms with Gasteiger partial charge in [0.15, 0.2) is 8.32 Å². The lowest BCUT2D eigenvalue weighted by molar-refractivity contribution is -0.0701. The Balaban J connectivity index is 1.53. The van der Waals surface area contributed by atoms with Crippen LogP contribution in [0.4, 0.5) is 0 Å². The fourth-order valence-electron chi connectivity index (χ4n) is 8.56. The van der Waals surface area contributed by atoms with E-state index in [1.54, 1.807) is 5.70 Å². The highest BCUT2D eigenvalue weighted by atomic mass is 28.4. The predicted octanol–water partition coefficient (Wildman–Crippen LogP) is 7.73. The van der Waals surface area contributed by atoms with Crippen molar-refractivity contribution in [1.82, 2.24) is 5.32 Å². The standard InChI is InChI=1S/C27H49NOSi/c1-8-10-17-30(6,7)29-24-14-16-27(5)22-13-15-26(4)20(9-2)11-12-21(26)25(22)19(3)18-23(27)28-24/h18-22,24-25,28H,8-17H2,1-7H3/t19-,20-,21-,22-,24?,25-,26+,27+/m0/s1. The fraction of sp³-hybridized carbons (Fsp3) is 0.926. The predicted molar refractivity (Wildman–Crippen MR) is 131 cm³/mol. The highest BCUT2D eigenvalue weighted by Crippen LogP contribution is 2.66. The second-order valence-electron chi connectivity index (χ2n) is 12.5. The average Bonchev–Trinajstić information content (AvgIpc) is 3.03. The van der Waals surface area contributed by atoms with Crippen LogP contribution < -0.4 is 5.32 Å². The molecule has 0 aromatic rings. The summed E-state index contributed by atoms with van der Waals surface area (Å²) in [7, 11) is -1.57. The number of piperidine rings is 1. The van der Waals surface area contributed by atoms with Crippen LogP contribution >= 0.6 is 0 Å². The minimum Gasteiger partial charge on any atom is -0.398 e. The quantitative estimate of drug-likeness (QED) is 0.434. The number of hydrogen-bond acceptors (Lipinski definition) is 2. The van der Waals surface area contributed by atoms with Crippen LogP contribution in [0.15, 0.2) is 11.8 Å². The van der Waals surface area contributed by atoms with Crippen molar-refractivity contribution in [3.8, 4) is 0 Å². The lowest BCUT2D eigenvalue weighted by Gasteiger charge is -2.60. The maximum atomic E-state index is 6.75. The minimum atomic E-state index is -1.57. The summed E-state index contributed by atoms with van der Waals surface area (Å²) >= 11 is 0. The molecular formula is C27H49NOSi. The van der Waals surface area contributed by atoms with Crippen molar-refractivity contribution < 1.29 is 4.43 Å². The van der Waals surface area contributed by atoms with Crippen LogP contribution in [-0.4, -0.2) is 14.5 Å². The first kappa shape index (κ1) is 22.9. The monoisotopic (exact) mass is 431 g/mol. The topological polar surface area (TPSA) is 21.3 Å². The van der Waals surface area contributed by atoms with Gasteiger partial charge in [-0.3, -0.25) is 0 Å². The van der Waals surface area contributed by atoms with Gasteiger partial charge in [-0.15, -0.1) is 0 Å². The molecule has 3 fully saturated rings. The van der Waals surface area contributed by atoms with Gasteiger partial charge in [0.2, 0.25) is 0 Å². The van der Waals surface area contributed by atoms with Gasteiger partial charge in [0.1, 0.15) is 6.23 Å². The SMILES string of the molecule is CCCC[Si](C)(C)OC1CC[C@@]2(C)C(=C[C@H](C)[C@H]3[C@@H]4CC[C@H](CC)[C@@]4(C)CC[C@@H]32)N1. The summed E-state index contributed by atoms with van der Waals surface area (Å²) in [5.74, 6) is 4.37. The van der Waals surface area contributed by atoms with E-state index in [0.717, 1.165) is 23.7 Å². The molecule has 0 radical (unpaired) electrons. The molecule has 1 N–H and O–H groups in total. The molecule has 0 spiro atoms. The third kappa shape index (κ3) is 3.74. The molecular weight excluding hydrogens is 382 g/mol. The zero-order chi connectivity index (χ0) is 21.7. The summed E-state index contributed by atoms with van der Waals surface area (Å²) in [6, 6.07) is 1.29. The van der Waals surface area contributed by atoms with Gasteiger partial charge >= 0.3 is 0 Å². The molecule has 0 aromatic heterocycles. The maximum Gasteiger partial charge on any atom is 0.189 e. The summed E-state index contributed by atoms with van der Waals surface area (Å²) in [6.45, 7) is 17.3. The Morgan fingerprint density at radius 1 is 1.07 bits per heavy atom. The summed E-state index contributed by atoms with van der Waals surface area (Å²) in [5.41, 5.74) is 2.49. The van der Waals surface area contributed by atoms with Gasteiger partial charge in [0.25, 0.3) is 0 Å². The van der Waals surface area contributed by atoms with Crippen LogP contribution in [0, 0.1) is 40.4 Å². The first-order valence-electron chi connectivity index (χ1n) is 13.3. The number of fused-ring (bicyclic) bond motifs is 5. The number of hydrogen-bond donors (Lipinski definition) is 1. The zero-order valence-electron chi connectivity index (χ0n) is 21.0. The van der Waals surface area contributed by atoms with Crippen molar-refractivity contribution in [2.24, 2.45) is 40.4 Å². The van der Waals surface area contributed by atoms with Gasteiger partial charge in [-0.05, 0) is 92.7 Å². The highest BCUT2D eigenvalue weighted by molar-refractivity contribution is 6.71. The lowest BCUT2D eigenvalue weighted by Crippen LogP contribution is -2.57. The van der Waals surface area contributed by atoms with E-state index in [1.165, 1.54) is 63.8 Å². The van der Waals surface area contributed by atoms with Crippen LogP contribution in [0.5, 0.6) is 0 Å². The third-order valence-corrected chi connectivity index (χ3v) is 12.8. The Hall–Kier alpha value is -0.283. The molecule has 1 heterocycles. The van der Waals surface area contributed by atoms with E-state index in [0.29, 0.717) is 16.7 Å². The van der Waals surface area contributed by atoms with E-state index >= 15 is 0 Å². The summed E-state index contributed by atoms with van der Waals surface area (Å²) in [5, 5.41) is 3.95. The molecule has 30 heavy (non-hydrogen) atoms. The zero-order valence-corrected chi connectivity index (χ0v) is 22.0. The number of unbranched alkanes of at least 4 members (excludes halogenated alkanes) is 1. The van der Waals surface area contributed by atoms with Crippen LogP contribution in [-0.2, 0) is 4.43 Å². The van der Waals surface area contributed by atoms with Crippen LogP contribution in [0.25, 0.3) is 0 Å². The van der Waals surface area contributed by atoms with Gasteiger partial charge in [0.05, 0.1) is 0 Å². The molecule has 0 amide bonds. The third-order valence-electron chi connectivity index (χ3n) is 10.3. The number of rotatable bonds is 6. The van der Waals surface area contributed by atoms with Crippen LogP contribution in [0.1, 0.15) is 92.4 Å². The smallest absolute Gasteiger partial charge is 0.189 e. The average molecular weight is 432 g/mol. The maximum absolute atomic E-state index is 6.75. The molecule has 3 aliphatic carbocycles. The molecule has 1 saturated heterocycles. The van der Waals surface area contributed by atoms with Crippen LogP contribution in [0.2, 0.25) is 19.1 Å². The molecule has 8 atom stereocenters. The van der Waals surface area contributed by atoms with Crippen molar-refractivity contribution in [3.63, 3.8) is 0 Å². The second-order valence-corrected chi connectivity index (χ2v) is 16.8.